The molecule has 0 bridgehead atoms. The first kappa shape index (κ1) is 14.3. The number of cyclic esters (lactones) is 1. The second kappa shape index (κ2) is 5.97. The molecule has 3 heterocycles. The number of carbonyl (C=O) groups is 1. The van der Waals surface area contributed by atoms with Gasteiger partial charge in [0.15, 0.2) is 5.82 Å². The van der Waals surface area contributed by atoms with Crippen LogP contribution in [-0.4, -0.2) is 59.9 Å². The summed E-state index contributed by atoms with van der Waals surface area (Å²) in [6.07, 6.45) is 3.01. The van der Waals surface area contributed by atoms with Crippen molar-refractivity contribution in [2.75, 3.05) is 31.6 Å². The van der Waals surface area contributed by atoms with Crippen molar-refractivity contribution in [2.45, 2.75) is 38.3 Å². The van der Waals surface area contributed by atoms with Crippen molar-refractivity contribution in [3.05, 3.63) is 17.8 Å². The van der Waals surface area contributed by atoms with E-state index in [2.05, 4.69) is 20.0 Å². The van der Waals surface area contributed by atoms with E-state index >= 15 is 0 Å². The second-order valence-electron chi connectivity index (χ2n) is 5.91. The van der Waals surface area contributed by atoms with Gasteiger partial charge in [-0.05, 0) is 38.9 Å². The summed E-state index contributed by atoms with van der Waals surface area (Å²) < 4.78 is 5.09. The number of esters is 1. The number of nitrogens with zero attached hydrogens (tertiary/aromatic N) is 4. The lowest BCUT2D eigenvalue weighted by Gasteiger charge is -2.39. The van der Waals surface area contributed by atoms with Crippen LogP contribution in [0.4, 0.5) is 5.82 Å². The molecule has 0 radical (unpaired) electrons. The van der Waals surface area contributed by atoms with E-state index in [0.29, 0.717) is 12.6 Å². The van der Waals surface area contributed by atoms with Crippen molar-refractivity contribution >= 4 is 11.8 Å². The minimum absolute atomic E-state index is 0.0789. The summed E-state index contributed by atoms with van der Waals surface area (Å²) in [5.74, 6) is 0.845. The van der Waals surface area contributed by atoms with Crippen LogP contribution in [0.1, 0.15) is 25.0 Å². The van der Waals surface area contributed by atoms with Crippen LogP contribution in [0, 0.1) is 6.92 Å². The molecule has 2 fully saturated rings. The van der Waals surface area contributed by atoms with E-state index in [1.165, 1.54) is 0 Å². The van der Waals surface area contributed by atoms with Crippen molar-refractivity contribution < 1.29 is 9.53 Å². The third-order valence-corrected chi connectivity index (χ3v) is 4.48. The third kappa shape index (κ3) is 3.00. The summed E-state index contributed by atoms with van der Waals surface area (Å²) in [6, 6.07) is 4.29. The first-order chi connectivity index (χ1) is 10.1. The zero-order valence-electron chi connectivity index (χ0n) is 12.7. The van der Waals surface area contributed by atoms with Crippen LogP contribution >= 0.6 is 0 Å². The number of likely N-dealkylation sites (N-methyl/N-ethyl adjacent to an activating group) is 1. The monoisotopic (exact) mass is 290 g/mol. The summed E-state index contributed by atoms with van der Waals surface area (Å²) in [4.78, 5) is 16.2. The molecule has 2 saturated heterocycles. The SMILES string of the molecule is Cc1ccc(N2CCC[C@H](N(C)[C@H]3CCOC3=O)C2)nn1. The van der Waals surface area contributed by atoms with Gasteiger partial charge < -0.3 is 9.64 Å². The van der Waals surface area contributed by atoms with Gasteiger partial charge in [-0.2, -0.15) is 5.10 Å². The predicted molar refractivity (Wildman–Crippen MR) is 79.1 cm³/mol. The van der Waals surface area contributed by atoms with Gasteiger partial charge in [0, 0.05) is 25.6 Å². The van der Waals surface area contributed by atoms with Crippen molar-refractivity contribution in [1.29, 1.82) is 0 Å². The Morgan fingerprint density at radius 1 is 1.33 bits per heavy atom. The number of piperidine rings is 1. The third-order valence-electron chi connectivity index (χ3n) is 4.48. The van der Waals surface area contributed by atoms with E-state index in [1.54, 1.807) is 0 Å². The molecule has 0 aromatic carbocycles. The maximum Gasteiger partial charge on any atom is 0.323 e. The smallest absolute Gasteiger partial charge is 0.323 e. The Morgan fingerprint density at radius 2 is 2.19 bits per heavy atom. The van der Waals surface area contributed by atoms with Crippen LogP contribution in [0.2, 0.25) is 0 Å². The van der Waals surface area contributed by atoms with Crippen molar-refractivity contribution in [2.24, 2.45) is 0 Å². The van der Waals surface area contributed by atoms with Crippen LogP contribution in [0.25, 0.3) is 0 Å². The minimum Gasteiger partial charge on any atom is -0.464 e. The molecule has 114 valence electrons. The molecule has 0 spiro atoms. The highest BCUT2D eigenvalue weighted by molar-refractivity contribution is 5.77. The summed E-state index contributed by atoms with van der Waals surface area (Å²) in [5.41, 5.74) is 0.929. The lowest BCUT2D eigenvalue weighted by molar-refractivity contribution is -0.142. The fourth-order valence-electron chi connectivity index (χ4n) is 3.17. The van der Waals surface area contributed by atoms with Crippen LogP contribution < -0.4 is 4.90 Å². The van der Waals surface area contributed by atoms with Crippen molar-refractivity contribution in [3.8, 4) is 0 Å². The quantitative estimate of drug-likeness (QED) is 0.774. The lowest BCUT2D eigenvalue weighted by Crippen LogP contribution is -2.51. The van der Waals surface area contributed by atoms with Gasteiger partial charge >= 0.3 is 5.97 Å². The molecule has 2 aliphatic heterocycles. The van der Waals surface area contributed by atoms with Crippen LogP contribution in [0.3, 0.4) is 0 Å². The Balaban J connectivity index is 1.67. The first-order valence-electron chi connectivity index (χ1n) is 7.59. The van der Waals surface area contributed by atoms with E-state index in [0.717, 1.165) is 43.9 Å². The average Bonchev–Trinajstić information content (AvgIpc) is 2.93. The maximum absolute atomic E-state index is 11.7. The number of hydrogen-bond acceptors (Lipinski definition) is 6. The van der Waals surface area contributed by atoms with Gasteiger partial charge in [-0.3, -0.25) is 9.69 Å². The lowest BCUT2D eigenvalue weighted by atomic mass is 10.0. The van der Waals surface area contributed by atoms with Crippen molar-refractivity contribution in [3.63, 3.8) is 0 Å². The van der Waals surface area contributed by atoms with Gasteiger partial charge in [0.05, 0.1) is 12.3 Å². The predicted octanol–water partition coefficient (Wildman–Crippen LogP) is 1.00. The van der Waals surface area contributed by atoms with Gasteiger partial charge in [0.25, 0.3) is 0 Å². The number of ether oxygens (including phenoxy) is 1. The molecule has 1 aromatic heterocycles. The molecule has 21 heavy (non-hydrogen) atoms. The fourth-order valence-corrected chi connectivity index (χ4v) is 3.17. The van der Waals surface area contributed by atoms with E-state index in [4.69, 9.17) is 4.74 Å². The number of hydrogen-bond donors (Lipinski definition) is 0. The molecule has 1 aromatic rings. The minimum atomic E-state index is -0.0842. The fraction of sp³-hybridized carbons (Fsp3) is 0.667. The van der Waals surface area contributed by atoms with Crippen molar-refractivity contribution in [1.82, 2.24) is 15.1 Å². The molecule has 2 atom stereocenters. The molecule has 6 nitrogen and oxygen atoms in total. The molecule has 0 amide bonds. The Morgan fingerprint density at radius 3 is 2.86 bits per heavy atom. The van der Waals surface area contributed by atoms with E-state index < -0.39 is 0 Å². The first-order valence-corrected chi connectivity index (χ1v) is 7.59. The van der Waals surface area contributed by atoms with Gasteiger partial charge in [-0.1, -0.05) is 0 Å². The molecule has 0 saturated carbocycles. The topological polar surface area (TPSA) is 58.6 Å². The molecule has 2 aliphatic rings. The van der Waals surface area contributed by atoms with Gasteiger partial charge in [0.1, 0.15) is 6.04 Å². The summed E-state index contributed by atoms with van der Waals surface area (Å²) in [7, 11) is 2.03. The molecule has 0 N–H and O–H groups in total. The molecule has 6 heteroatoms. The molecule has 0 unspecified atom stereocenters. The highest BCUT2D eigenvalue weighted by Gasteiger charge is 2.35. The zero-order chi connectivity index (χ0) is 14.8. The average molecular weight is 290 g/mol. The standard InChI is InChI=1S/C15H22N4O2/c1-11-5-6-14(17-16-11)19-8-3-4-12(10-19)18(2)13-7-9-21-15(13)20/h5-6,12-13H,3-4,7-10H2,1-2H3/t12-,13-/m0/s1. The Kier molecular flexibility index (Phi) is 4.05. The highest BCUT2D eigenvalue weighted by atomic mass is 16.5. The number of aryl methyl sites for hydroxylation is 1. The molecule has 0 aliphatic carbocycles. The second-order valence-corrected chi connectivity index (χ2v) is 5.91. The van der Waals surface area contributed by atoms with E-state index in [9.17, 15) is 4.79 Å². The number of rotatable bonds is 3. The summed E-state index contributed by atoms with van der Waals surface area (Å²) in [6.45, 7) is 4.37. The van der Waals surface area contributed by atoms with Gasteiger partial charge in [0.2, 0.25) is 0 Å². The Hall–Kier alpha value is -1.69. The van der Waals surface area contributed by atoms with Gasteiger partial charge in [-0.25, -0.2) is 0 Å². The number of carbonyl (C=O) groups excluding carboxylic acids is 1. The Labute approximate surface area is 125 Å². The van der Waals surface area contributed by atoms with Crippen LogP contribution in [0.5, 0.6) is 0 Å². The Bertz CT molecular complexity index is 505. The largest absolute Gasteiger partial charge is 0.464 e. The van der Waals surface area contributed by atoms with Gasteiger partial charge in [-0.15, -0.1) is 5.10 Å². The molecular weight excluding hydrogens is 268 g/mol. The van der Waals surface area contributed by atoms with Crippen LogP contribution in [-0.2, 0) is 9.53 Å². The zero-order valence-corrected chi connectivity index (χ0v) is 12.7. The van der Waals surface area contributed by atoms with E-state index in [-0.39, 0.29) is 12.0 Å². The summed E-state index contributed by atoms with van der Waals surface area (Å²) >= 11 is 0. The molecular formula is C15H22N4O2. The number of anilines is 1. The molecule has 3 rings (SSSR count). The highest BCUT2D eigenvalue weighted by Crippen LogP contribution is 2.23. The van der Waals surface area contributed by atoms with Crippen LogP contribution in [0.15, 0.2) is 12.1 Å². The summed E-state index contributed by atoms with van der Waals surface area (Å²) in [5, 5.41) is 8.41. The number of aromatic nitrogens is 2. The maximum atomic E-state index is 11.7. The van der Waals surface area contributed by atoms with E-state index in [1.807, 2.05) is 26.1 Å². The normalized spacial score (nSPS) is 26.2.